The minimum absolute atomic E-state index is 0.340. The lowest BCUT2D eigenvalue weighted by atomic mass is 10.2. The van der Waals surface area contributed by atoms with E-state index in [9.17, 15) is 4.79 Å². The number of amides is 2. The van der Waals surface area contributed by atoms with Crippen LogP contribution >= 0.6 is 15.9 Å². The number of carbonyl (C=O) groups excluding carboxylic acids is 1. The molecule has 23 heavy (non-hydrogen) atoms. The predicted octanol–water partition coefficient (Wildman–Crippen LogP) is 3.05. The van der Waals surface area contributed by atoms with E-state index in [0.717, 1.165) is 10.9 Å². The Morgan fingerprint density at radius 1 is 1.35 bits per heavy atom. The molecule has 2 amide bonds. The summed E-state index contributed by atoms with van der Waals surface area (Å²) in [5.74, 6) is 0.850. The normalized spacial score (nSPS) is 10.5. The lowest BCUT2D eigenvalue weighted by molar-refractivity contribution is 0.251. The zero-order valence-electron chi connectivity index (χ0n) is 12.3. The van der Waals surface area contributed by atoms with Crippen LogP contribution in [0.15, 0.2) is 41.0 Å². The fourth-order valence-corrected chi connectivity index (χ4v) is 2.60. The number of pyridine rings is 1. The third-order valence-corrected chi connectivity index (χ3v) is 4.01. The van der Waals surface area contributed by atoms with Gasteiger partial charge in [-0.25, -0.2) is 9.78 Å². The second-order valence-corrected chi connectivity index (χ2v) is 5.53. The number of nitrogens with one attached hydrogen (secondary N) is 3. The number of carbonyl (C=O) groups is 1. The Morgan fingerprint density at radius 2 is 2.13 bits per heavy atom. The number of urea groups is 1. The first-order valence-corrected chi connectivity index (χ1v) is 7.63. The van der Waals surface area contributed by atoms with E-state index >= 15 is 0 Å². The zero-order chi connectivity index (χ0) is 16.2. The molecule has 0 saturated carbocycles. The van der Waals surface area contributed by atoms with Crippen LogP contribution in [0.3, 0.4) is 0 Å². The van der Waals surface area contributed by atoms with Crippen LogP contribution in [-0.4, -0.2) is 28.3 Å². The van der Waals surface area contributed by atoms with Crippen molar-refractivity contribution < 1.29 is 9.53 Å². The standard InChI is InChI=1S/C15H14BrN5O2/c1-23-14-10-8-17-13(11(16)12(10)20-21-14)19-15(22)18-7-9-5-3-2-4-6-9/h2-6,8H,7H2,1H3,(H,20,21)(H2,17,18,19,22). The molecule has 0 aliphatic heterocycles. The van der Waals surface area contributed by atoms with Gasteiger partial charge in [0.25, 0.3) is 0 Å². The highest BCUT2D eigenvalue weighted by Crippen LogP contribution is 2.32. The molecule has 118 valence electrons. The molecule has 2 heterocycles. The van der Waals surface area contributed by atoms with Gasteiger partial charge in [-0.2, -0.15) is 0 Å². The topological polar surface area (TPSA) is 91.9 Å². The molecule has 0 bridgehead atoms. The first-order valence-electron chi connectivity index (χ1n) is 6.84. The fraction of sp³-hybridized carbons (Fsp3) is 0.133. The Kier molecular flexibility index (Phi) is 4.42. The molecule has 3 N–H and O–H groups in total. The van der Waals surface area contributed by atoms with E-state index in [1.54, 1.807) is 6.20 Å². The highest BCUT2D eigenvalue weighted by atomic mass is 79.9. The molecular formula is C15H14BrN5O2. The predicted molar refractivity (Wildman–Crippen MR) is 90.4 cm³/mol. The number of halogens is 1. The Labute approximate surface area is 140 Å². The summed E-state index contributed by atoms with van der Waals surface area (Å²) < 4.78 is 5.74. The van der Waals surface area contributed by atoms with Crippen LogP contribution in [-0.2, 0) is 6.54 Å². The highest BCUT2D eigenvalue weighted by Gasteiger charge is 2.14. The average Bonchev–Trinajstić information content (AvgIpc) is 3.00. The number of rotatable bonds is 4. The van der Waals surface area contributed by atoms with E-state index in [1.807, 2.05) is 30.3 Å². The van der Waals surface area contributed by atoms with Crippen molar-refractivity contribution >= 4 is 38.7 Å². The molecule has 0 saturated heterocycles. The number of hydrogen-bond acceptors (Lipinski definition) is 4. The zero-order valence-corrected chi connectivity index (χ0v) is 13.8. The highest BCUT2D eigenvalue weighted by molar-refractivity contribution is 9.10. The van der Waals surface area contributed by atoms with Gasteiger partial charge in [0.2, 0.25) is 5.88 Å². The first-order chi connectivity index (χ1) is 11.2. The number of aromatic amines is 1. The summed E-state index contributed by atoms with van der Waals surface area (Å²) in [5.41, 5.74) is 1.72. The minimum atomic E-state index is -0.340. The molecule has 0 aliphatic carbocycles. The smallest absolute Gasteiger partial charge is 0.320 e. The monoisotopic (exact) mass is 375 g/mol. The molecule has 1 aromatic carbocycles. The summed E-state index contributed by atoms with van der Waals surface area (Å²) in [6.45, 7) is 0.435. The number of benzene rings is 1. The maximum atomic E-state index is 12.0. The quantitative estimate of drug-likeness (QED) is 0.653. The lowest BCUT2D eigenvalue weighted by Gasteiger charge is -2.09. The van der Waals surface area contributed by atoms with E-state index in [4.69, 9.17) is 4.74 Å². The van der Waals surface area contributed by atoms with Crippen molar-refractivity contribution in [2.45, 2.75) is 6.54 Å². The van der Waals surface area contributed by atoms with Crippen molar-refractivity contribution in [1.82, 2.24) is 20.5 Å². The largest absolute Gasteiger partial charge is 0.479 e. The van der Waals surface area contributed by atoms with Gasteiger partial charge < -0.3 is 10.1 Å². The summed E-state index contributed by atoms with van der Waals surface area (Å²) in [6.07, 6.45) is 1.59. The average molecular weight is 376 g/mol. The van der Waals surface area contributed by atoms with E-state index in [-0.39, 0.29) is 6.03 Å². The molecule has 3 aromatic rings. The van der Waals surface area contributed by atoms with Gasteiger partial charge in [-0.3, -0.25) is 10.4 Å². The maximum absolute atomic E-state index is 12.0. The number of hydrogen-bond donors (Lipinski definition) is 3. The van der Waals surface area contributed by atoms with Crippen molar-refractivity contribution in [3.63, 3.8) is 0 Å². The van der Waals surface area contributed by atoms with Gasteiger partial charge in [0, 0.05) is 12.7 Å². The molecule has 0 radical (unpaired) electrons. The molecule has 3 rings (SSSR count). The summed E-state index contributed by atoms with van der Waals surface area (Å²) >= 11 is 3.42. The van der Waals surface area contributed by atoms with E-state index in [2.05, 4.69) is 41.7 Å². The third-order valence-electron chi connectivity index (χ3n) is 3.24. The van der Waals surface area contributed by atoms with Gasteiger partial charge in [0.1, 0.15) is 0 Å². The number of ether oxygens (including phenoxy) is 1. The number of anilines is 1. The second kappa shape index (κ2) is 6.66. The number of H-pyrrole nitrogens is 1. The van der Waals surface area contributed by atoms with Crippen LogP contribution in [0.25, 0.3) is 10.9 Å². The summed E-state index contributed by atoms with van der Waals surface area (Å²) in [5, 5.41) is 13.1. The number of fused-ring (bicyclic) bond motifs is 1. The van der Waals surface area contributed by atoms with Crippen molar-refractivity contribution in [2.75, 3.05) is 12.4 Å². The van der Waals surface area contributed by atoms with Gasteiger partial charge in [-0.15, -0.1) is 5.10 Å². The Bertz CT molecular complexity index is 835. The van der Waals surface area contributed by atoms with E-state index in [0.29, 0.717) is 28.2 Å². The molecule has 0 spiro atoms. The second-order valence-electron chi connectivity index (χ2n) is 4.74. The molecule has 0 fully saturated rings. The number of nitrogens with zero attached hydrogens (tertiary/aromatic N) is 2. The summed E-state index contributed by atoms with van der Waals surface area (Å²) in [7, 11) is 1.53. The fourth-order valence-electron chi connectivity index (χ4n) is 2.10. The van der Waals surface area contributed by atoms with Crippen LogP contribution in [0.1, 0.15) is 5.56 Å². The Balaban J connectivity index is 1.71. The molecule has 0 atom stereocenters. The first kappa shape index (κ1) is 15.3. The maximum Gasteiger partial charge on any atom is 0.320 e. The van der Waals surface area contributed by atoms with Gasteiger partial charge in [-0.05, 0) is 21.5 Å². The number of aromatic nitrogens is 3. The van der Waals surface area contributed by atoms with Crippen LogP contribution in [0.5, 0.6) is 5.88 Å². The Morgan fingerprint density at radius 3 is 2.87 bits per heavy atom. The lowest BCUT2D eigenvalue weighted by Crippen LogP contribution is -2.28. The van der Waals surface area contributed by atoms with Crippen LogP contribution in [0.2, 0.25) is 0 Å². The molecule has 2 aromatic heterocycles. The third kappa shape index (κ3) is 3.26. The number of methoxy groups -OCH3 is 1. The molecule has 8 heteroatoms. The SMILES string of the molecule is COc1n[nH]c2c(Br)c(NC(=O)NCc3ccccc3)ncc12. The van der Waals surface area contributed by atoms with Gasteiger partial charge in [0.15, 0.2) is 5.82 Å². The minimum Gasteiger partial charge on any atom is -0.479 e. The van der Waals surface area contributed by atoms with Crippen LogP contribution < -0.4 is 15.4 Å². The summed E-state index contributed by atoms with van der Waals surface area (Å²) in [4.78, 5) is 16.2. The van der Waals surface area contributed by atoms with Crippen molar-refractivity contribution in [3.05, 3.63) is 46.6 Å². The Hall–Kier alpha value is -2.61. The van der Waals surface area contributed by atoms with Crippen molar-refractivity contribution in [2.24, 2.45) is 0 Å². The molecular weight excluding hydrogens is 362 g/mol. The van der Waals surface area contributed by atoms with Crippen molar-refractivity contribution in [1.29, 1.82) is 0 Å². The van der Waals surface area contributed by atoms with E-state index < -0.39 is 0 Å². The van der Waals surface area contributed by atoms with Gasteiger partial charge >= 0.3 is 6.03 Å². The van der Waals surface area contributed by atoms with Gasteiger partial charge in [0.05, 0.1) is 22.5 Å². The molecule has 0 unspecified atom stereocenters. The van der Waals surface area contributed by atoms with E-state index in [1.165, 1.54) is 7.11 Å². The summed E-state index contributed by atoms with van der Waals surface area (Å²) in [6, 6.07) is 9.32. The van der Waals surface area contributed by atoms with Crippen LogP contribution in [0.4, 0.5) is 10.6 Å². The van der Waals surface area contributed by atoms with Crippen LogP contribution in [0, 0.1) is 0 Å². The van der Waals surface area contributed by atoms with Crippen molar-refractivity contribution in [3.8, 4) is 5.88 Å². The molecule has 0 aliphatic rings. The van der Waals surface area contributed by atoms with Gasteiger partial charge in [-0.1, -0.05) is 30.3 Å². The molecule has 7 nitrogen and oxygen atoms in total.